The average molecular weight is 238 g/mol. The molecule has 0 saturated heterocycles. The van der Waals surface area contributed by atoms with E-state index in [1.54, 1.807) is 13.1 Å². The van der Waals surface area contributed by atoms with Gasteiger partial charge < -0.3 is 15.5 Å². The first-order valence-corrected chi connectivity index (χ1v) is 4.34. The van der Waals surface area contributed by atoms with Gasteiger partial charge in [0, 0.05) is 17.1 Å². The van der Waals surface area contributed by atoms with Crippen LogP contribution < -0.4 is 5.32 Å². The van der Waals surface area contributed by atoms with Crippen molar-refractivity contribution in [2.45, 2.75) is 6.10 Å². The number of halogens is 2. The van der Waals surface area contributed by atoms with Gasteiger partial charge in [0.15, 0.2) is 0 Å². The average Bonchev–Trinajstić information content (AvgIpc) is 2.09. The van der Waals surface area contributed by atoms with Crippen LogP contribution in [0.2, 0.25) is 5.02 Å². The summed E-state index contributed by atoms with van der Waals surface area (Å²) in [5.41, 5.74) is 0.538. The smallest absolute Gasteiger partial charge is 0.116 e. The third-order valence-corrected chi connectivity index (χ3v) is 2.08. The number of aliphatic hydroxyl groups excluding tert-OH is 1. The minimum Gasteiger partial charge on any atom is -0.508 e. The molecule has 14 heavy (non-hydrogen) atoms. The summed E-state index contributed by atoms with van der Waals surface area (Å²) in [7, 11) is 1.74. The van der Waals surface area contributed by atoms with E-state index < -0.39 is 6.10 Å². The molecule has 80 valence electrons. The predicted octanol–water partition coefficient (Wildman–Crippen LogP) is 1.72. The van der Waals surface area contributed by atoms with E-state index in [0.717, 1.165) is 0 Å². The van der Waals surface area contributed by atoms with Crippen molar-refractivity contribution < 1.29 is 10.2 Å². The molecule has 0 fully saturated rings. The van der Waals surface area contributed by atoms with Crippen LogP contribution in [0.3, 0.4) is 0 Å². The van der Waals surface area contributed by atoms with Crippen LogP contribution in [0.4, 0.5) is 0 Å². The lowest BCUT2D eigenvalue weighted by molar-refractivity contribution is 0.177. The third kappa shape index (κ3) is 3.35. The van der Waals surface area contributed by atoms with Gasteiger partial charge in [0.2, 0.25) is 0 Å². The van der Waals surface area contributed by atoms with Gasteiger partial charge in [-0.1, -0.05) is 11.6 Å². The van der Waals surface area contributed by atoms with Crippen molar-refractivity contribution in [2.24, 2.45) is 0 Å². The summed E-state index contributed by atoms with van der Waals surface area (Å²) in [6.45, 7) is 0.406. The minimum absolute atomic E-state index is 0. The number of aliphatic hydroxyl groups is 1. The summed E-state index contributed by atoms with van der Waals surface area (Å²) >= 11 is 5.83. The van der Waals surface area contributed by atoms with Gasteiger partial charge in [0.1, 0.15) is 5.75 Å². The molecular weight excluding hydrogens is 225 g/mol. The Hall–Kier alpha value is -0.480. The standard InChI is InChI=1S/C9H12ClNO2.ClH/c1-11-5-9(13)7-4-6(12)2-3-8(7)10;/h2-4,9,11-13H,5H2,1H3;1H/t9-;/m0./s1. The van der Waals surface area contributed by atoms with Crippen molar-refractivity contribution in [1.82, 2.24) is 5.32 Å². The maximum atomic E-state index is 9.57. The topological polar surface area (TPSA) is 52.5 Å². The number of phenols is 1. The monoisotopic (exact) mass is 237 g/mol. The number of hydrogen-bond acceptors (Lipinski definition) is 3. The third-order valence-electron chi connectivity index (χ3n) is 1.74. The first-order valence-electron chi connectivity index (χ1n) is 3.96. The minimum atomic E-state index is -0.690. The molecule has 0 saturated carbocycles. The fourth-order valence-corrected chi connectivity index (χ4v) is 1.33. The van der Waals surface area contributed by atoms with Gasteiger partial charge >= 0.3 is 0 Å². The van der Waals surface area contributed by atoms with Crippen molar-refractivity contribution in [1.29, 1.82) is 0 Å². The second kappa shape index (κ2) is 6.09. The molecule has 0 radical (unpaired) electrons. The van der Waals surface area contributed by atoms with Crippen LogP contribution >= 0.6 is 24.0 Å². The van der Waals surface area contributed by atoms with Crippen LogP contribution in [-0.2, 0) is 0 Å². The summed E-state index contributed by atoms with van der Waals surface area (Å²) < 4.78 is 0. The molecule has 1 aromatic rings. The fraction of sp³-hybridized carbons (Fsp3) is 0.333. The van der Waals surface area contributed by atoms with Gasteiger partial charge in [-0.25, -0.2) is 0 Å². The maximum absolute atomic E-state index is 9.57. The van der Waals surface area contributed by atoms with Gasteiger partial charge in [-0.05, 0) is 25.2 Å². The van der Waals surface area contributed by atoms with Crippen LogP contribution in [0.5, 0.6) is 5.75 Å². The number of benzene rings is 1. The first-order chi connectivity index (χ1) is 6.15. The Balaban J connectivity index is 0.00000169. The molecule has 0 spiro atoms. The van der Waals surface area contributed by atoms with E-state index in [1.807, 2.05) is 0 Å². The van der Waals surface area contributed by atoms with Crippen molar-refractivity contribution >= 4 is 24.0 Å². The van der Waals surface area contributed by atoms with Crippen LogP contribution in [0.25, 0.3) is 0 Å². The van der Waals surface area contributed by atoms with Crippen molar-refractivity contribution in [3.63, 3.8) is 0 Å². The summed E-state index contributed by atoms with van der Waals surface area (Å²) in [4.78, 5) is 0. The number of rotatable bonds is 3. The molecule has 1 atom stereocenters. The number of phenolic OH excluding ortho intramolecular Hbond substituents is 1. The zero-order chi connectivity index (χ0) is 9.84. The normalized spacial score (nSPS) is 11.9. The van der Waals surface area contributed by atoms with E-state index in [9.17, 15) is 5.11 Å². The largest absolute Gasteiger partial charge is 0.508 e. The van der Waals surface area contributed by atoms with Crippen molar-refractivity contribution in [2.75, 3.05) is 13.6 Å². The Bertz CT molecular complexity index is 294. The fourth-order valence-electron chi connectivity index (χ4n) is 1.09. The molecule has 1 aromatic carbocycles. The lowest BCUT2D eigenvalue weighted by Crippen LogP contribution is -2.16. The van der Waals surface area contributed by atoms with Crippen LogP contribution in [0.15, 0.2) is 18.2 Å². The highest BCUT2D eigenvalue weighted by Crippen LogP contribution is 2.26. The highest BCUT2D eigenvalue weighted by atomic mass is 35.5. The van der Waals surface area contributed by atoms with Gasteiger partial charge in [0.25, 0.3) is 0 Å². The van der Waals surface area contributed by atoms with Gasteiger partial charge in [-0.15, -0.1) is 12.4 Å². The predicted molar refractivity (Wildman–Crippen MR) is 59.3 cm³/mol. The molecule has 0 aliphatic carbocycles. The Morgan fingerprint density at radius 3 is 2.71 bits per heavy atom. The van der Waals surface area contributed by atoms with Crippen LogP contribution in [0, 0.1) is 0 Å². The lowest BCUT2D eigenvalue weighted by atomic mass is 10.1. The zero-order valence-electron chi connectivity index (χ0n) is 7.70. The van der Waals surface area contributed by atoms with E-state index in [-0.39, 0.29) is 18.2 Å². The van der Waals surface area contributed by atoms with Gasteiger partial charge in [0.05, 0.1) is 6.10 Å². The molecule has 0 heterocycles. The summed E-state index contributed by atoms with van der Waals surface area (Å²) in [6.07, 6.45) is -0.690. The van der Waals surface area contributed by atoms with E-state index in [2.05, 4.69) is 5.32 Å². The lowest BCUT2D eigenvalue weighted by Gasteiger charge is -2.11. The van der Waals surface area contributed by atoms with E-state index >= 15 is 0 Å². The number of nitrogens with one attached hydrogen (secondary N) is 1. The molecule has 1 rings (SSSR count). The van der Waals surface area contributed by atoms with E-state index in [1.165, 1.54) is 12.1 Å². The SMILES string of the molecule is CNC[C@H](O)c1cc(O)ccc1Cl.Cl. The molecule has 0 aromatic heterocycles. The molecule has 0 unspecified atom stereocenters. The maximum Gasteiger partial charge on any atom is 0.116 e. The molecule has 3 nitrogen and oxygen atoms in total. The molecule has 0 amide bonds. The Labute approximate surface area is 94.1 Å². The van der Waals surface area contributed by atoms with Crippen LogP contribution in [0.1, 0.15) is 11.7 Å². The number of likely N-dealkylation sites (N-methyl/N-ethyl adjacent to an activating group) is 1. The molecule has 5 heteroatoms. The number of hydrogen-bond donors (Lipinski definition) is 3. The highest BCUT2D eigenvalue weighted by Gasteiger charge is 2.10. The molecule has 3 N–H and O–H groups in total. The Morgan fingerprint density at radius 1 is 1.50 bits per heavy atom. The Kier molecular flexibility index (Phi) is 5.88. The highest BCUT2D eigenvalue weighted by molar-refractivity contribution is 6.31. The molecule has 0 bridgehead atoms. The quantitative estimate of drug-likeness (QED) is 0.751. The van der Waals surface area contributed by atoms with E-state index in [4.69, 9.17) is 16.7 Å². The second-order valence-electron chi connectivity index (χ2n) is 2.78. The van der Waals surface area contributed by atoms with Crippen molar-refractivity contribution in [3.05, 3.63) is 28.8 Å². The first kappa shape index (κ1) is 13.5. The Morgan fingerprint density at radius 2 is 2.14 bits per heavy atom. The van der Waals surface area contributed by atoms with Crippen LogP contribution in [-0.4, -0.2) is 23.8 Å². The van der Waals surface area contributed by atoms with Gasteiger partial charge in [-0.3, -0.25) is 0 Å². The molecule has 0 aliphatic rings. The summed E-state index contributed by atoms with van der Waals surface area (Å²) in [6, 6.07) is 4.51. The van der Waals surface area contributed by atoms with Gasteiger partial charge in [-0.2, -0.15) is 0 Å². The second-order valence-corrected chi connectivity index (χ2v) is 3.19. The number of aromatic hydroxyl groups is 1. The summed E-state index contributed by atoms with van der Waals surface area (Å²) in [5.74, 6) is 0.106. The van der Waals surface area contributed by atoms with Crippen molar-refractivity contribution in [3.8, 4) is 5.75 Å². The summed E-state index contributed by atoms with van der Waals surface area (Å²) in [5, 5.41) is 22.0. The molecule has 0 aliphatic heterocycles. The van der Waals surface area contributed by atoms with E-state index in [0.29, 0.717) is 17.1 Å². The zero-order valence-corrected chi connectivity index (χ0v) is 9.27. The molecular formula is C9H13Cl2NO2.